The lowest BCUT2D eigenvalue weighted by Crippen LogP contribution is -3.00. The Labute approximate surface area is 134 Å². The number of para-hydroxylation sites is 1. The van der Waals surface area contributed by atoms with E-state index < -0.39 is 0 Å². The van der Waals surface area contributed by atoms with E-state index in [1.54, 1.807) is 22.0 Å². The molecule has 0 aliphatic carbocycles. The van der Waals surface area contributed by atoms with Crippen molar-refractivity contribution < 1.29 is 38.1 Å². The van der Waals surface area contributed by atoms with Crippen molar-refractivity contribution in [2.24, 2.45) is 7.05 Å². The molecule has 20 heavy (non-hydrogen) atoms. The summed E-state index contributed by atoms with van der Waals surface area (Å²) in [5.41, 5.74) is 1.05. The van der Waals surface area contributed by atoms with Gasteiger partial charge in [-0.1, -0.05) is 18.2 Å². The number of hydrogen-bond acceptors (Lipinski definition) is 2. The largest absolute Gasteiger partial charge is 1.00 e. The second kappa shape index (κ2) is 6.25. The van der Waals surface area contributed by atoms with Crippen LogP contribution in [0.5, 0.6) is 5.75 Å². The van der Waals surface area contributed by atoms with Gasteiger partial charge < -0.3 is 28.7 Å². The number of rotatable bonds is 0. The zero-order chi connectivity index (χ0) is 13.2. The van der Waals surface area contributed by atoms with E-state index in [4.69, 9.17) is 4.74 Å². The van der Waals surface area contributed by atoms with Crippen LogP contribution in [0, 0.1) is 0 Å². The molecular weight excluding hydrogens is 369 g/mol. The van der Waals surface area contributed by atoms with Crippen LogP contribution in [0.1, 0.15) is 5.56 Å². The van der Waals surface area contributed by atoms with E-state index in [-0.39, 0.29) is 30.0 Å². The number of carbonyl (C=O) groups is 1. The van der Waals surface area contributed by atoms with E-state index >= 15 is 0 Å². The molecule has 0 saturated carbocycles. The van der Waals surface area contributed by atoms with Crippen LogP contribution in [-0.2, 0) is 13.6 Å². The van der Waals surface area contributed by atoms with Crippen LogP contribution in [0.25, 0.3) is 0 Å². The number of benzene rings is 1. The van der Waals surface area contributed by atoms with Crippen molar-refractivity contribution in [1.82, 2.24) is 9.47 Å². The normalized spacial score (nSPS) is 13.8. The molecule has 1 amide bonds. The average Bonchev–Trinajstić information content (AvgIpc) is 2.74. The number of ether oxygens (including phenoxy) is 1. The molecule has 1 aromatic carbocycles. The molecule has 0 N–H and O–H groups in total. The summed E-state index contributed by atoms with van der Waals surface area (Å²) in [5, 5.41) is 0. The summed E-state index contributed by atoms with van der Waals surface area (Å²) >= 11 is 0. The molecule has 0 bridgehead atoms. The lowest BCUT2D eigenvalue weighted by atomic mass is 10.2. The van der Waals surface area contributed by atoms with Gasteiger partial charge in [-0.3, -0.25) is 4.90 Å². The molecule has 6 heteroatoms. The minimum atomic E-state index is -0.0269. The van der Waals surface area contributed by atoms with Crippen molar-refractivity contribution in [3.63, 3.8) is 0 Å². The van der Waals surface area contributed by atoms with Gasteiger partial charge in [0.1, 0.15) is 24.8 Å². The zero-order valence-electron chi connectivity index (χ0n) is 11.2. The molecule has 2 heterocycles. The standard InChI is InChI=1S/C14H16N3O2.HI/c1-15-6-7-17(11-15)14(18)16-8-9-19-13-5-3-2-4-12(13)10-16;/h2-7,11H,8-10H2,1H3;1H/q+1;/p-1. The third-order valence-electron chi connectivity index (χ3n) is 3.21. The number of nitrogens with zero attached hydrogens (tertiary/aromatic N) is 3. The number of aryl methyl sites for hydroxylation is 1. The van der Waals surface area contributed by atoms with Crippen molar-refractivity contribution in [1.29, 1.82) is 0 Å². The van der Waals surface area contributed by atoms with Gasteiger partial charge in [-0.25, -0.2) is 9.36 Å². The first-order valence-corrected chi connectivity index (χ1v) is 6.27. The minimum Gasteiger partial charge on any atom is -1.00 e. The molecule has 5 nitrogen and oxygen atoms in total. The van der Waals surface area contributed by atoms with Crippen LogP contribution in [0.2, 0.25) is 0 Å². The molecular formula is C14H16IN3O2. The molecule has 1 aliphatic heterocycles. The molecule has 0 unspecified atom stereocenters. The van der Waals surface area contributed by atoms with Gasteiger partial charge >= 0.3 is 6.03 Å². The Morgan fingerprint density at radius 2 is 2.15 bits per heavy atom. The van der Waals surface area contributed by atoms with Gasteiger partial charge in [0.2, 0.25) is 0 Å². The van der Waals surface area contributed by atoms with Gasteiger partial charge in [0.15, 0.2) is 0 Å². The lowest BCUT2D eigenvalue weighted by Gasteiger charge is -2.16. The highest BCUT2D eigenvalue weighted by Crippen LogP contribution is 2.22. The number of hydrogen-bond donors (Lipinski definition) is 0. The maximum Gasteiger partial charge on any atom is 0.416 e. The molecule has 0 spiro atoms. The van der Waals surface area contributed by atoms with E-state index in [0.717, 1.165) is 11.3 Å². The summed E-state index contributed by atoms with van der Waals surface area (Å²) in [5.74, 6) is 0.871. The number of amides is 1. The molecule has 106 valence electrons. The maximum atomic E-state index is 12.4. The lowest BCUT2D eigenvalue weighted by molar-refractivity contribution is -0.670. The number of halogens is 1. The van der Waals surface area contributed by atoms with Crippen LogP contribution in [0.15, 0.2) is 43.0 Å². The van der Waals surface area contributed by atoms with Crippen molar-refractivity contribution in [2.45, 2.75) is 6.54 Å². The van der Waals surface area contributed by atoms with Gasteiger partial charge in [-0.2, -0.15) is 4.57 Å². The minimum absolute atomic E-state index is 0. The Kier molecular flexibility index (Phi) is 4.64. The SMILES string of the molecule is C[n+]1ccn(C(=O)N2CCOc3ccccc3C2)c1.[I-]. The van der Waals surface area contributed by atoms with Gasteiger partial charge in [0.05, 0.1) is 20.1 Å². The van der Waals surface area contributed by atoms with Gasteiger partial charge in [0, 0.05) is 5.56 Å². The molecule has 0 radical (unpaired) electrons. The fraction of sp³-hybridized carbons (Fsp3) is 0.286. The first-order valence-electron chi connectivity index (χ1n) is 6.27. The average molecular weight is 385 g/mol. The highest BCUT2D eigenvalue weighted by Gasteiger charge is 2.24. The Morgan fingerprint density at radius 1 is 1.35 bits per heavy atom. The second-order valence-electron chi connectivity index (χ2n) is 4.65. The first-order chi connectivity index (χ1) is 9.24. The Bertz CT molecular complexity index is 612. The Balaban J connectivity index is 0.00000147. The molecule has 0 atom stereocenters. The van der Waals surface area contributed by atoms with Crippen molar-refractivity contribution in [2.75, 3.05) is 13.2 Å². The molecule has 3 rings (SSSR count). The van der Waals surface area contributed by atoms with Gasteiger partial charge in [-0.15, -0.1) is 0 Å². The summed E-state index contributed by atoms with van der Waals surface area (Å²) in [4.78, 5) is 14.2. The van der Waals surface area contributed by atoms with Crippen LogP contribution < -0.4 is 33.3 Å². The monoisotopic (exact) mass is 385 g/mol. The smallest absolute Gasteiger partial charge is 0.416 e. The first kappa shape index (κ1) is 14.8. The highest BCUT2D eigenvalue weighted by molar-refractivity contribution is 5.76. The zero-order valence-corrected chi connectivity index (χ0v) is 13.4. The van der Waals surface area contributed by atoms with Crippen LogP contribution >= 0.6 is 0 Å². The molecule has 2 aromatic rings. The van der Waals surface area contributed by atoms with Gasteiger partial charge in [-0.05, 0) is 6.07 Å². The van der Waals surface area contributed by atoms with Crippen molar-refractivity contribution in [3.8, 4) is 5.75 Å². The third kappa shape index (κ3) is 2.95. The molecule has 1 aliphatic rings. The summed E-state index contributed by atoms with van der Waals surface area (Å²) in [6.45, 7) is 1.70. The third-order valence-corrected chi connectivity index (χ3v) is 3.21. The highest BCUT2D eigenvalue weighted by atomic mass is 127. The van der Waals surface area contributed by atoms with Gasteiger partial charge in [0.25, 0.3) is 6.33 Å². The summed E-state index contributed by atoms with van der Waals surface area (Å²) in [6, 6.07) is 7.82. The van der Waals surface area contributed by atoms with E-state index in [0.29, 0.717) is 19.7 Å². The quantitative estimate of drug-likeness (QED) is 0.396. The van der Waals surface area contributed by atoms with Crippen molar-refractivity contribution >= 4 is 6.03 Å². The fourth-order valence-corrected chi connectivity index (χ4v) is 2.22. The molecule has 0 fully saturated rings. The summed E-state index contributed by atoms with van der Waals surface area (Å²) < 4.78 is 9.10. The molecule has 1 aromatic heterocycles. The van der Waals surface area contributed by atoms with Crippen LogP contribution in [-0.4, -0.2) is 28.6 Å². The topological polar surface area (TPSA) is 38.3 Å². The predicted molar refractivity (Wildman–Crippen MR) is 68.7 cm³/mol. The molecule has 0 saturated heterocycles. The Morgan fingerprint density at radius 3 is 2.90 bits per heavy atom. The van der Waals surface area contributed by atoms with Crippen molar-refractivity contribution in [3.05, 3.63) is 48.5 Å². The van der Waals surface area contributed by atoms with E-state index in [2.05, 4.69) is 0 Å². The van der Waals surface area contributed by atoms with E-state index in [1.807, 2.05) is 42.1 Å². The summed E-state index contributed by atoms with van der Waals surface area (Å²) in [7, 11) is 1.89. The maximum absolute atomic E-state index is 12.4. The number of fused-ring (bicyclic) bond motifs is 1. The predicted octanol–water partition coefficient (Wildman–Crippen LogP) is -1.82. The van der Waals surface area contributed by atoms with E-state index in [1.165, 1.54) is 0 Å². The Hall–Kier alpha value is -1.57. The van der Waals surface area contributed by atoms with E-state index in [9.17, 15) is 4.79 Å². The van der Waals surface area contributed by atoms with Crippen LogP contribution in [0.3, 0.4) is 0 Å². The number of aromatic nitrogens is 2. The summed E-state index contributed by atoms with van der Waals surface area (Å²) in [6.07, 6.45) is 5.38. The van der Waals surface area contributed by atoms with Crippen LogP contribution in [0.4, 0.5) is 4.79 Å². The fourth-order valence-electron chi connectivity index (χ4n) is 2.22. The second-order valence-corrected chi connectivity index (χ2v) is 4.65. The number of imidazole rings is 1. The number of carbonyl (C=O) groups excluding carboxylic acids is 1.